The van der Waals surface area contributed by atoms with Crippen LogP contribution in [0.2, 0.25) is 0 Å². The van der Waals surface area contributed by atoms with E-state index in [1.54, 1.807) is 6.92 Å². The van der Waals surface area contributed by atoms with Crippen molar-refractivity contribution in [3.63, 3.8) is 0 Å². The number of thioether (sulfide) groups is 1. The highest BCUT2D eigenvalue weighted by atomic mass is 32.2. The molecule has 0 spiro atoms. The molecular weight excluding hydrogens is 284 g/mol. The highest BCUT2D eigenvalue weighted by molar-refractivity contribution is 7.99. The van der Waals surface area contributed by atoms with Gasteiger partial charge in [0.1, 0.15) is 11.4 Å². The van der Waals surface area contributed by atoms with Crippen molar-refractivity contribution in [2.45, 2.75) is 43.9 Å². The van der Waals surface area contributed by atoms with Crippen molar-refractivity contribution in [1.82, 2.24) is 0 Å². The van der Waals surface area contributed by atoms with Crippen molar-refractivity contribution in [2.75, 3.05) is 11.5 Å². The molecule has 2 heterocycles. The summed E-state index contributed by atoms with van der Waals surface area (Å²) < 4.78 is 11.4. The smallest absolute Gasteiger partial charge is 0.304 e. The second kappa shape index (κ2) is 4.69. The summed E-state index contributed by atoms with van der Waals surface area (Å²) in [5, 5.41) is 19.1. The van der Waals surface area contributed by atoms with Gasteiger partial charge in [-0.25, -0.2) is 0 Å². The van der Waals surface area contributed by atoms with E-state index in [0.717, 1.165) is 0 Å². The third-order valence-corrected chi connectivity index (χ3v) is 5.69. The predicted molar refractivity (Wildman–Crippen MR) is 70.1 cm³/mol. The zero-order valence-electron chi connectivity index (χ0n) is 11.2. The summed E-state index contributed by atoms with van der Waals surface area (Å²) in [6.45, 7) is 1.72. The zero-order valence-corrected chi connectivity index (χ0v) is 12.0. The fourth-order valence-electron chi connectivity index (χ4n) is 3.34. The summed E-state index contributed by atoms with van der Waals surface area (Å²) in [5.41, 5.74) is -0.939. The summed E-state index contributed by atoms with van der Waals surface area (Å²) in [6.07, 6.45) is 0.00100. The van der Waals surface area contributed by atoms with Crippen LogP contribution in [-0.2, 0) is 19.1 Å². The van der Waals surface area contributed by atoms with E-state index >= 15 is 0 Å². The van der Waals surface area contributed by atoms with Crippen LogP contribution >= 0.6 is 11.8 Å². The van der Waals surface area contributed by atoms with Gasteiger partial charge in [0.2, 0.25) is 0 Å². The molecule has 0 unspecified atom stereocenters. The summed E-state index contributed by atoms with van der Waals surface area (Å²) in [7, 11) is 0. The van der Waals surface area contributed by atoms with Crippen LogP contribution in [0.25, 0.3) is 0 Å². The Hall–Kier alpha value is -0.630. The van der Waals surface area contributed by atoms with Gasteiger partial charge >= 0.3 is 5.97 Å². The molecule has 2 N–H and O–H groups in total. The number of rotatable bonds is 5. The first kappa shape index (κ1) is 14.3. The molecule has 0 aromatic carbocycles. The standard InChI is InChI=1S/C13H18O6S/c1-12-5-9(14)7-4-13(12,17)19-11(18-12)8(7)6-20-3-2-10(15)16/h7-8,11,17H,2-6H2,1H3,(H,15,16)/t7-,8+,11+,12+,13-/m1/s1. The number of hydrogen-bond acceptors (Lipinski definition) is 6. The highest BCUT2D eigenvalue weighted by Gasteiger charge is 2.69. The van der Waals surface area contributed by atoms with E-state index in [0.29, 0.717) is 11.5 Å². The number of aliphatic carboxylic acids is 1. The first-order chi connectivity index (χ1) is 9.35. The summed E-state index contributed by atoms with van der Waals surface area (Å²) in [6, 6.07) is 0. The molecule has 7 heteroatoms. The van der Waals surface area contributed by atoms with Crippen molar-refractivity contribution in [2.24, 2.45) is 11.8 Å². The van der Waals surface area contributed by atoms with Crippen LogP contribution in [-0.4, -0.2) is 51.1 Å². The molecule has 20 heavy (non-hydrogen) atoms. The Labute approximate surface area is 120 Å². The summed E-state index contributed by atoms with van der Waals surface area (Å²) >= 11 is 1.49. The van der Waals surface area contributed by atoms with Gasteiger partial charge < -0.3 is 19.7 Å². The number of carbonyl (C=O) groups is 2. The Morgan fingerprint density at radius 1 is 1.50 bits per heavy atom. The van der Waals surface area contributed by atoms with Crippen molar-refractivity contribution in [3.05, 3.63) is 0 Å². The first-order valence-electron chi connectivity index (χ1n) is 6.75. The molecule has 1 saturated carbocycles. The molecular formula is C13H18O6S. The topological polar surface area (TPSA) is 93.1 Å². The maximum absolute atomic E-state index is 12.2. The molecule has 3 rings (SSSR count). The minimum atomic E-state index is -1.35. The lowest BCUT2D eigenvalue weighted by atomic mass is 9.70. The Kier molecular flexibility index (Phi) is 3.36. The molecule has 0 aromatic heterocycles. The molecule has 2 aliphatic heterocycles. The van der Waals surface area contributed by atoms with Crippen LogP contribution in [0.3, 0.4) is 0 Å². The van der Waals surface area contributed by atoms with Crippen LogP contribution in [0.1, 0.15) is 26.2 Å². The van der Waals surface area contributed by atoms with Gasteiger partial charge in [-0.2, -0.15) is 11.8 Å². The molecule has 5 atom stereocenters. The predicted octanol–water partition coefficient (Wildman–Crippen LogP) is 0.623. The van der Waals surface area contributed by atoms with Crippen LogP contribution in [0, 0.1) is 11.8 Å². The normalized spacial score (nSPS) is 45.9. The number of fused-ring (bicyclic) bond motifs is 2. The maximum Gasteiger partial charge on any atom is 0.304 e. The van der Waals surface area contributed by atoms with Crippen LogP contribution in [0.15, 0.2) is 0 Å². The van der Waals surface area contributed by atoms with Gasteiger partial charge in [0.05, 0.1) is 6.42 Å². The second-order valence-corrected chi connectivity index (χ2v) is 7.11. The third kappa shape index (κ3) is 2.07. The number of carboxylic acids is 1. The molecule has 3 fully saturated rings. The van der Waals surface area contributed by atoms with Gasteiger partial charge in [-0.15, -0.1) is 0 Å². The Bertz CT molecular complexity index is 454. The SMILES string of the molecule is C[C@]12CC(=O)[C@@H]3C[C@@]1(O)O[C@H](O2)[C@H]3CSCCC(=O)O. The van der Waals surface area contributed by atoms with Gasteiger partial charge in [-0.1, -0.05) is 0 Å². The van der Waals surface area contributed by atoms with E-state index < -0.39 is 23.6 Å². The molecule has 1 aliphatic carbocycles. The van der Waals surface area contributed by atoms with Gasteiger partial charge in [-0.3, -0.25) is 9.59 Å². The molecule has 0 amide bonds. The zero-order chi connectivity index (χ0) is 14.5. The van der Waals surface area contributed by atoms with Gasteiger partial charge in [0, 0.05) is 36.2 Å². The fraction of sp³-hybridized carbons (Fsp3) is 0.846. The Balaban J connectivity index is 1.68. The lowest BCUT2D eigenvalue weighted by Gasteiger charge is -2.45. The highest BCUT2D eigenvalue weighted by Crippen LogP contribution is 2.56. The van der Waals surface area contributed by atoms with E-state index in [4.69, 9.17) is 14.6 Å². The fourth-order valence-corrected chi connectivity index (χ4v) is 4.48. The number of ketones is 1. The van der Waals surface area contributed by atoms with Crippen LogP contribution in [0.5, 0.6) is 0 Å². The molecule has 0 aromatic rings. The minimum Gasteiger partial charge on any atom is -0.481 e. The molecule has 6 nitrogen and oxygen atoms in total. The average Bonchev–Trinajstić information content (AvgIpc) is 2.50. The van der Waals surface area contributed by atoms with Crippen molar-refractivity contribution < 1.29 is 29.3 Å². The largest absolute Gasteiger partial charge is 0.481 e. The van der Waals surface area contributed by atoms with Crippen LogP contribution < -0.4 is 0 Å². The van der Waals surface area contributed by atoms with Gasteiger partial charge in [0.15, 0.2) is 12.1 Å². The minimum absolute atomic E-state index is 0.101. The van der Waals surface area contributed by atoms with Gasteiger partial charge in [0.25, 0.3) is 0 Å². The number of ether oxygens (including phenoxy) is 2. The Morgan fingerprint density at radius 2 is 2.25 bits per heavy atom. The Morgan fingerprint density at radius 3 is 2.95 bits per heavy atom. The summed E-state index contributed by atoms with van der Waals surface area (Å²) in [5.74, 6) is -1.29. The van der Waals surface area contributed by atoms with Crippen molar-refractivity contribution >= 4 is 23.5 Å². The monoisotopic (exact) mass is 302 g/mol. The molecule has 0 radical (unpaired) electrons. The molecule has 112 valence electrons. The number of hydrogen-bond donors (Lipinski definition) is 2. The lowest BCUT2D eigenvalue weighted by molar-refractivity contribution is -0.266. The van der Waals surface area contributed by atoms with Crippen molar-refractivity contribution in [1.29, 1.82) is 0 Å². The number of carbonyl (C=O) groups excluding carboxylic acids is 1. The van der Waals surface area contributed by atoms with Crippen molar-refractivity contribution in [3.8, 4) is 0 Å². The lowest BCUT2D eigenvalue weighted by Crippen LogP contribution is -2.59. The van der Waals surface area contributed by atoms with E-state index in [1.165, 1.54) is 11.8 Å². The van der Waals surface area contributed by atoms with E-state index in [9.17, 15) is 14.7 Å². The van der Waals surface area contributed by atoms with Gasteiger partial charge in [-0.05, 0) is 6.92 Å². The number of Topliss-reactive ketones (excluding diaryl/α,β-unsaturated/α-hetero) is 1. The van der Waals surface area contributed by atoms with E-state index in [-0.39, 0.29) is 36.9 Å². The quantitative estimate of drug-likeness (QED) is 0.719. The first-order valence-corrected chi connectivity index (χ1v) is 7.90. The average molecular weight is 302 g/mol. The maximum atomic E-state index is 12.2. The molecule has 3 aliphatic rings. The molecule has 3 bridgehead atoms. The summed E-state index contributed by atoms with van der Waals surface area (Å²) in [4.78, 5) is 22.7. The van der Waals surface area contributed by atoms with E-state index in [2.05, 4.69) is 0 Å². The third-order valence-electron chi connectivity index (χ3n) is 4.57. The van der Waals surface area contributed by atoms with E-state index in [1.807, 2.05) is 0 Å². The van der Waals surface area contributed by atoms with Crippen LogP contribution in [0.4, 0.5) is 0 Å². The second-order valence-electron chi connectivity index (χ2n) is 5.96. The number of aliphatic hydroxyl groups is 1. The molecule has 2 saturated heterocycles. The number of carboxylic acid groups (broad SMARTS) is 1.